The summed E-state index contributed by atoms with van der Waals surface area (Å²) in [7, 11) is -13.1. The Labute approximate surface area is 397 Å². The number of esters is 2. The van der Waals surface area contributed by atoms with E-state index in [9.17, 15) is 101 Å². The van der Waals surface area contributed by atoms with Crippen LogP contribution in [0.2, 0.25) is 0 Å². The van der Waals surface area contributed by atoms with Crippen molar-refractivity contribution in [1.82, 2.24) is 0 Å². The zero-order chi connectivity index (χ0) is 54.0. The smallest absolute Gasteiger partial charge is 0.409 e. The molecular weight excluding hydrogens is 1100 g/mol. The molecule has 7 fully saturated rings. The van der Waals surface area contributed by atoms with Crippen LogP contribution in [-0.4, -0.2) is 159 Å². The minimum absolute atomic E-state index is 1.63. The Bertz CT molecular complexity index is 2870. The number of aliphatic hydroxyl groups is 4. The number of phosphoric acid groups is 1. The number of hydrogen-bond donors (Lipinski definition) is 4. The monoisotopic (exact) mass is 1120 g/mol. The molecule has 73 heavy (non-hydrogen) atoms. The minimum atomic E-state index is -6.57. The maximum atomic E-state index is 14.2. The second kappa shape index (κ2) is 18.3. The Morgan fingerprint density at radius 1 is 0.616 bits per heavy atom. The third-order valence-electron chi connectivity index (χ3n) is 8.97. The molecule has 0 aromatic rings. The van der Waals surface area contributed by atoms with Crippen molar-refractivity contribution in [2.24, 2.45) is 0 Å². The molecule has 0 aromatic carbocycles. The molecule has 8 bridgehead atoms. The largest absolute Gasteiger partial charge is 0.484 e. The van der Waals surface area contributed by atoms with Crippen LogP contribution in [0.3, 0.4) is 0 Å². The molecule has 10 heterocycles. The van der Waals surface area contributed by atoms with Crippen molar-refractivity contribution < 1.29 is 195 Å². The quantitative estimate of drug-likeness (QED) is 0.0479. The van der Waals surface area contributed by atoms with Gasteiger partial charge in [0, 0.05) is 0 Å². The lowest BCUT2D eigenvalue weighted by Gasteiger charge is -2.51. The highest BCUT2D eigenvalue weighted by atomic mass is 35.5. The molecule has 10 aliphatic heterocycles. The van der Waals surface area contributed by atoms with Crippen molar-refractivity contribution in [3.05, 3.63) is 22.7 Å². The first kappa shape index (κ1) is 52.9. The molecule has 394 valence electrons. The van der Waals surface area contributed by atoms with E-state index in [1.54, 1.807) is 0 Å². The fourth-order valence-corrected chi connectivity index (χ4v) is 9.05. The topological polar surface area (TPSA) is 556 Å². The van der Waals surface area contributed by atoms with E-state index < -0.39 is 191 Å². The number of ether oxygens (including phenoxy) is 3. The van der Waals surface area contributed by atoms with Gasteiger partial charge < -0.3 is 34.6 Å². The lowest BCUT2D eigenvalue weighted by atomic mass is 9.85. The zero-order valence-electron chi connectivity index (χ0n) is 33.6. The van der Waals surface area contributed by atoms with Crippen LogP contribution < -0.4 is 0 Å². The first-order valence-electron chi connectivity index (χ1n) is 17.8. The summed E-state index contributed by atoms with van der Waals surface area (Å²) in [4.78, 5) is 235. The Morgan fingerprint density at radius 2 is 1.11 bits per heavy atom. The summed E-state index contributed by atoms with van der Waals surface area (Å²) < 4.78 is 76.9. The average molecular weight is 1120 g/mol. The normalized spacial score (nSPS) is 35.4. The molecule has 6 unspecified atom stereocenters. The molecule has 1 spiro atoms. The summed E-state index contributed by atoms with van der Waals surface area (Å²) in [6, 6.07) is 0. The molecule has 44 heteroatoms. The molecule has 10 rings (SSSR count). The van der Waals surface area contributed by atoms with Crippen molar-refractivity contribution in [2.75, 3.05) is 6.61 Å². The van der Waals surface area contributed by atoms with E-state index in [4.69, 9.17) is 29.9 Å². The minimum Gasteiger partial charge on any atom is -0.409 e. The van der Waals surface area contributed by atoms with Gasteiger partial charge in [-0.15, -0.1) is 0 Å². The summed E-state index contributed by atoms with van der Waals surface area (Å²) in [5.74, 6) is -51.2. The molecule has 6 atom stereocenters. The Kier molecular flexibility index (Phi) is 13.3. The van der Waals surface area contributed by atoms with E-state index in [1.165, 1.54) is 0 Å². The molecule has 0 saturated carbocycles. The third kappa shape index (κ3) is 8.86. The van der Waals surface area contributed by atoms with Gasteiger partial charge in [-0.05, 0) is 0 Å². The number of alkyl halides is 1. The van der Waals surface area contributed by atoms with Crippen LogP contribution in [0, 0.1) is 0 Å². The average Bonchev–Trinajstić information content (AvgIpc) is 3.33. The molecule has 7 saturated heterocycles. The van der Waals surface area contributed by atoms with E-state index in [0.29, 0.717) is 0 Å². The highest BCUT2D eigenvalue weighted by Crippen LogP contribution is 2.72. The number of aliphatic hydroxyl groups excluding tert-OH is 3. The summed E-state index contributed by atoms with van der Waals surface area (Å²) in [6.45, 7) is -1.69. The molecule has 0 amide bonds. The van der Waals surface area contributed by atoms with Crippen molar-refractivity contribution in [3.8, 4) is 0 Å². The predicted octanol–water partition coefficient (Wildman–Crippen LogP) is -8.22. The predicted molar refractivity (Wildman–Crippen MR) is 177 cm³/mol. The van der Waals surface area contributed by atoms with Crippen LogP contribution in [-0.2, 0) is 177 Å². The lowest BCUT2D eigenvalue weighted by molar-refractivity contribution is -0.371. The fourth-order valence-electron chi connectivity index (χ4n) is 5.88. The van der Waals surface area contributed by atoms with E-state index >= 15 is 0 Å². The van der Waals surface area contributed by atoms with Gasteiger partial charge in [-0.3, -0.25) is 0 Å². The molecule has 0 radical (unpaired) electrons. The lowest BCUT2D eigenvalue weighted by Crippen LogP contribution is -2.82. The van der Waals surface area contributed by atoms with Crippen molar-refractivity contribution in [2.45, 2.75) is 59.5 Å². The van der Waals surface area contributed by atoms with E-state index in [2.05, 4.69) is 76.5 Å². The Balaban J connectivity index is 1.38. The van der Waals surface area contributed by atoms with E-state index in [-0.39, 0.29) is 0 Å². The summed E-state index contributed by atoms with van der Waals surface area (Å²) in [6.07, 6.45) is -11.6. The number of hydrogen-bond acceptors (Lipinski definition) is 41. The van der Waals surface area contributed by atoms with E-state index in [0.717, 1.165) is 0 Å². The van der Waals surface area contributed by atoms with Crippen molar-refractivity contribution in [1.29, 1.82) is 0 Å². The highest BCUT2D eigenvalue weighted by Gasteiger charge is 2.91. The summed E-state index contributed by atoms with van der Waals surface area (Å²) >= 11 is 6.12. The summed E-state index contributed by atoms with van der Waals surface area (Å²) in [5.41, 5.74) is -12.9. The number of rotatable bonds is 6. The number of carbonyl (C=O) groups excluding carboxylic acids is 14. The molecule has 41 nitrogen and oxygen atoms in total. The van der Waals surface area contributed by atoms with Crippen molar-refractivity contribution in [3.63, 3.8) is 0 Å². The van der Waals surface area contributed by atoms with Crippen LogP contribution >= 0.6 is 19.4 Å². The highest BCUT2D eigenvalue weighted by molar-refractivity contribution is 7.82. The van der Waals surface area contributed by atoms with Crippen LogP contribution in [0.15, 0.2) is 22.7 Å². The van der Waals surface area contributed by atoms with Gasteiger partial charge >= 0.3 is 118 Å². The molecule has 0 aliphatic carbocycles. The van der Waals surface area contributed by atoms with Gasteiger partial charge in [0.25, 0.3) is 5.60 Å². The van der Waals surface area contributed by atoms with Gasteiger partial charge in [-0.2, -0.15) is 12.6 Å². The van der Waals surface area contributed by atoms with Gasteiger partial charge in [-0.1, -0.05) is 11.6 Å². The summed E-state index contributed by atoms with van der Waals surface area (Å²) in [5, 5.41) is 35.9. The number of fused-ring (bicyclic) bond motifs is 15. The third-order valence-corrected chi connectivity index (χ3v) is 11.9. The number of halogens is 1. The van der Waals surface area contributed by atoms with Crippen LogP contribution in [0.25, 0.3) is 0 Å². The van der Waals surface area contributed by atoms with Crippen LogP contribution in [0.4, 0.5) is 0 Å². The van der Waals surface area contributed by atoms with Gasteiger partial charge in [0.1, 0.15) is 11.7 Å². The van der Waals surface area contributed by atoms with Crippen molar-refractivity contribution >= 4 is 113 Å². The SMILES string of the molecule is O=C1C/C2=C(\OC(=O)C(=O)O/C3=C4\C(=O)OOC(=O)C5(OC(O)C(O)CO)C6(Cl)OS(=O)(=O)OC5(OP5(=O)OC4(O5)C(=O)OOC6=O)C(=O)OOC3=O)C(=O)OOC(=O)CC(O)(CC(=O)OO1)C(=O)OOC2=O. The maximum Gasteiger partial charge on any atom is 0.484 e. The Morgan fingerprint density at radius 3 is 1.74 bits per heavy atom. The maximum absolute atomic E-state index is 14.2. The van der Waals surface area contributed by atoms with Gasteiger partial charge in [0.2, 0.25) is 11.5 Å². The second-order valence-electron chi connectivity index (χ2n) is 13.6. The standard InChI is InChI=1S/C29H14ClO41PS/c30-28-23(46)65-63-21(44)26-10-12(53-19(42)18(41)52-11-5-1-7(33)55-56-8(34)2-25(48,20(43)62-58-13(5)36)3-9(35)57-60-16(11)39)17(40)61-66-24(47)29(71-73(50,51)70-28,69-72(49,67-26)68-26)27(28,22(45)64-59-15(10)38)54-14(37)6(32)4-31/h6,14,31-32,37,48H,1-4H2/b11-5+,12-10+. The van der Waals surface area contributed by atoms with Gasteiger partial charge in [0.05, 0.1) is 25.9 Å². The molecule has 10 aliphatic rings. The molecular formula is C29H14ClO41PS. The number of phosphoric ester groups is 1. The number of carbonyl (C=O) groups is 14. The molecule has 4 N–H and O–H groups in total. The van der Waals surface area contributed by atoms with Crippen LogP contribution in [0.1, 0.15) is 19.3 Å². The zero-order valence-corrected chi connectivity index (χ0v) is 36.1. The Hall–Kier alpha value is -7.87. The first-order valence-corrected chi connectivity index (χ1v) is 21.0. The second-order valence-corrected chi connectivity index (χ2v) is 16.7. The van der Waals surface area contributed by atoms with E-state index in [1.807, 2.05) is 0 Å². The van der Waals surface area contributed by atoms with Gasteiger partial charge in [-0.25, -0.2) is 148 Å². The van der Waals surface area contributed by atoms with Crippen LogP contribution in [0.5, 0.6) is 0 Å². The molecule has 0 aromatic heterocycles. The van der Waals surface area contributed by atoms with Gasteiger partial charge in [0.15, 0.2) is 17.5 Å². The first-order chi connectivity index (χ1) is 33.9. The fraction of sp³-hybridized carbons (Fsp3) is 0.379.